The van der Waals surface area contributed by atoms with E-state index in [9.17, 15) is 0 Å². The third-order valence-electron chi connectivity index (χ3n) is 1.46. The molecule has 0 aliphatic heterocycles. The number of rotatable bonds is 1. The van der Waals surface area contributed by atoms with Crippen molar-refractivity contribution in [3.8, 4) is 0 Å². The Labute approximate surface area is 66.8 Å². The Balaban J connectivity index is 3.09. The molecule has 0 amide bonds. The van der Waals surface area contributed by atoms with Crippen LogP contribution in [0.5, 0.6) is 0 Å². The highest BCUT2D eigenvalue weighted by Gasteiger charge is 2.01. The van der Waals surface area contributed by atoms with Gasteiger partial charge < -0.3 is 10.6 Å². The van der Waals surface area contributed by atoms with Crippen molar-refractivity contribution in [1.82, 2.24) is 4.98 Å². The second-order valence-electron chi connectivity index (χ2n) is 2.82. The molecule has 1 aromatic heterocycles. The van der Waals surface area contributed by atoms with Gasteiger partial charge in [-0.1, -0.05) is 0 Å². The highest BCUT2D eigenvalue weighted by molar-refractivity contribution is 5.62. The van der Waals surface area contributed by atoms with Gasteiger partial charge >= 0.3 is 0 Å². The van der Waals surface area contributed by atoms with Gasteiger partial charge in [-0.05, 0) is 18.6 Å². The van der Waals surface area contributed by atoms with Crippen molar-refractivity contribution >= 4 is 11.5 Å². The monoisotopic (exact) mass is 151 g/mol. The zero-order valence-corrected chi connectivity index (χ0v) is 7.13. The second kappa shape index (κ2) is 2.78. The first kappa shape index (κ1) is 7.85. The molecule has 0 atom stereocenters. The Morgan fingerprint density at radius 1 is 1.45 bits per heavy atom. The minimum absolute atomic E-state index is 0.731. The lowest BCUT2D eigenvalue weighted by Crippen LogP contribution is -2.12. The molecule has 0 radical (unpaired) electrons. The van der Waals surface area contributed by atoms with Crippen LogP contribution in [0.15, 0.2) is 12.3 Å². The summed E-state index contributed by atoms with van der Waals surface area (Å²) in [5, 5.41) is 0. The molecule has 0 bridgehead atoms. The maximum Gasteiger partial charge on any atom is 0.151 e. The smallest absolute Gasteiger partial charge is 0.151 e. The van der Waals surface area contributed by atoms with E-state index in [0.29, 0.717) is 0 Å². The van der Waals surface area contributed by atoms with Crippen LogP contribution in [0.3, 0.4) is 0 Å². The summed E-state index contributed by atoms with van der Waals surface area (Å²) in [7, 11) is 3.85. The van der Waals surface area contributed by atoms with Gasteiger partial charge in [-0.3, -0.25) is 0 Å². The maximum absolute atomic E-state index is 5.72. The van der Waals surface area contributed by atoms with Gasteiger partial charge in [-0.2, -0.15) is 0 Å². The van der Waals surface area contributed by atoms with Gasteiger partial charge in [0.1, 0.15) is 0 Å². The highest BCUT2D eigenvalue weighted by Crippen LogP contribution is 2.17. The molecule has 1 rings (SSSR count). The highest BCUT2D eigenvalue weighted by atomic mass is 15.1. The summed E-state index contributed by atoms with van der Waals surface area (Å²) in [6.45, 7) is 1.98. The first-order chi connectivity index (χ1) is 5.11. The summed E-state index contributed by atoms with van der Waals surface area (Å²) in [6.07, 6.45) is 1.81. The van der Waals surface area contributed by atoms with E-state index >= 15 is 0 Å². The lowest BCUT2D eigenvalue weighted by Gasteiger charge is -2.13. The van der Waals surface area contributed by atoms with Crippen molar-refractivity contribution < 1.29 is 0 Å². The summed E-state index contributed by atoms with van der Waals surface area (Å²) in [6, 6.07) is 1.92. The van der Waals surface area contributed by atoms with Crippen LogP contribution in [-0.4, -0.2) is 19.1 Å². The lowest BCUT2D eigenvalue weighted by atomic mass is 10.3. The van der Waals surface area contributed by atoms with Crippen LogP contribution in [0.2, 0.25) is 0 Å². The lowest BCUT2D eigenvalue weighted by molar-refractivity contribution is 1.07. The summed E-state index contributed by atoms with van der Waals surface area (Å²) in [4.78, 5) is 6.08. The first-order valence-corrected chi connectivity index (χ1v) is 3.50. The maximum atomic E-state index is 5.72. The van der Waals surface area contributed by atoms with Gasteiger partial charge in [-0.25, -0.2) is 4.98 Å². The minimum Gasteiger partial charge on any atom is -0.396 e. The van der Waals surface area contributed by atoms with Crippen LogP contribution in [0.1, 0.15) is 5.56 Å². The number of pyridine rings is 1. The third kappa shape index (κ3) is 1.61. The summed E-state index contributed by atoms with van der Waals surface area (Å²) < 4.78 is 0. The minimum atomic E-state index is 0.731. The van der Waals surface area contributed by atoms with Gasteiger partial charge in [0.25, 0.3) is 0 Å². The topological polar surface area (TPSA) is 42.2 Å². The van der Waals surface area contributed by atoms with E-state index in [-0.39, 0.29) is 0 Å². The average Bonchev–Trinajstić information content (AvgIpc) is 1.85. The molecule has 0 saturated heterocycles. The summed E-state index contributed by atoms with van der Waals surface area (Å²) in [5.74, 6) is 0.829. The van der Waals surface area contributed by atoms with E-state index < -0.39 is 0 Å². The van der Waals surface area contributed by atoms with E-state index in [2.05, 4.69) is 4.98 Å². The Bertz CT molecular complexity index is 256. The fourth-order valence-electron chi connectivity index (χ4n) is 0.958. The first-order valence-electron chi connectivity index (χ1n) is 3.50. The Hall–Kier alpha value is -1.25. The molecular formula is C8H13N3. The number of nitrogens with zero attached hydrogens (tertiary/aromatic N) is 2. The summed E-state index contributed by atoms with van der Waals surface area (Å²) >= 11 is 0. The van der Waals surface area contributed by atoms with E-state index in [4.69, 9.17) is 5.73 Å². The number of nitrogens with two attached hydrogens (primary N) is 1. The number of hydrogen-bond acceptors (Lipinski definition) is 3. The Morgan fingerprint density at radius 3 is 2.55 bits per heavy atom. The number of aryl methyl sites for hydroxylation is 1. The van der Waals surface area contributed by atoms with E-state index in [1.807, 2.05) is 38.2 Å². The molecule has 1 aromatic rings. The predicted molar refractivity (Wildman–Crippen MR) is 47.7 cm³/mol. The molecule has 11 heavy (non-hydrogen) atoms. The third-order valence-corrected chi connectivity index (χ3v) is 1.46. The van der Waals surface area contributed by atoms with Gasteiger partial charge in [0.15, 0.2) is 5.82 Å². The van der Waals surface area contributed by atoms with E-state index in [1.165, 1.54) is 0 Å². The molecule has 0 fully saturated rings. The van der Waals surface area contributed by atoms with Crippen LogP contribution >= 0.6 is 0 Å². The fraction of sp³-hybridized carbons (Fsp3) is 0.375. The van der Waals surface area contributed by atoms with E-state index in [1.54, 1.807) is 0 Å². The average molecular weight is 151 g/mol. The molecule has 60 valence electrons. The van der Waals surface area contributed by atoms with Gasteiger partial charge in [0.05, 0.1) is 5.69 Å². The van der Waals surface area contributed by atoms with E-state index in [0.717, 1.165) is 17.1 Å². The van der Waals surface area contributed by atoms with Gasteiger partial charge in [0, 0.05) is 20.3 Å². The van der Waals surface area contributed by atoms with Crippen LogP contribution in [-0.2, 0) is 0 Å². The van der Waals surface area contributed by atoms with Crippen LogP contribution < -0.4 is 10.6 Å². The van der Waals surface area contributed by atoms with Gasteiger partial charge in [-0.15, -0.1) is 0 Å². The fourth-order valence-corrected chi connectivity index (χ4v) is 0.958. The van der Waals surface area contributed by atoms with Crippen molar-refractivity contribution in [1.29, 1.82) is 0 Å². The Kier molecular flexibility index (Phi) is 1.98. The van der Waals surface area contributed by atoms with Crippen LogP contribution in [0.25, 0.3) is 0 Å². The quantitative estimate of drug-likeness (QED) is 0.652. The zero-order valence-electron chi connectivity index (χ0n) is 7.13. The second-order valence-corrected chi connectivity index (χ2v) is 2.82. The molecule has 0 unspecified atom stereocenters. The molecule has 2 N–H and O–H groups in total. The van der Waals surface area contributed by atoms with Crippen LogP contribution in [0.4, 0.5) is 11.5 Å². The standard InChI is InChI=1S/C8H13N3/c1-6-4-7(9)8(10-5-6)11(2)3/h4-5H,9H2,1-3H3. The number of nitrogen functional groups attached to an aromatic ring is 1. The Morgan fingerprint density at radius 2 is 2.09 bits per heavy atom. The van der Waals surface area contributed by atoms with Crippen LogP contribution in [0, 0.1) is 6.92 Å². The molecule has 0 aromatic carbocycles. The molecular weight excluding hydrogens is 138 g/mol. The molecule has 0 saturated carbocycles. The predicted octanol–water partition coefficient (Wildman–Crippen LogP) is 1.04. The van der Waals surface area contributed by atoms with Gasteiger partial charge in [0.2, 0.25) is 0 Å². The van der Waals surface area contributed by atoms with Crippen molar-refractivity contribution in [2.24, 2.45) is 0 Å². The largest absolute Gasteiger partial charge is 0.396 e. The van der Waals surface area contributed by atoms with Crippen molar-refractivity contribution in [3.05, 3.63) is 17.8 Å². The van der Waals surface area contributed by atoms with Crippen molar-refractivity contribution in [2.45, 2.75) is 6.92 Å². The molecule has 0 aliphatic rings. The normalized spacial score (nSPS) is 9.73. The molecule has 1 heterocycles. The molecule has 0 aliphatic carbocycles. The molecule has 3 nitrogen and oxygen atoms in total. The SMILES string of the molecule is Cc1cnc(N(C)C)c(N)c1. The molecule has 3 heteroatoms. The van der Waals surface area contributed by atoms with Crippen molar-refractivity contribution in [2.75, 3.05) is 24.7 Å². The summed E-state index contributed by atoms with van der Waals surface area (Å²) in [5.41, 5.74) is 7.54. The molecule has 0 spiro atoms. The van der Waals surface area contributed by atoms with Crippen molar-refractivity contribution in [3.63, 3.8) is 0 Å². The number of aromatic nitrogens is 1. The zero-order chi connectivity index (χ0) is 8.43. The number of hydrogen-bond donors (Lipinski definition) is 1. The number of anilines is 2.